The van der Waals surface area contributed by atoms with Gasteiger partial charge in [-0.25, -0.2) is 0 Å². The summed E-state index contributed by atoms with van der Waals surface area (Å²) >= 11 is 10.1. The number of hydrogen-bond acceptors (Lipinski definition) is 3. The lowest BCUT2D eigenvalue weighted by molar-refractivity contribution is 0.302. The van der Waals surface area contributed by atoms with Crippen LogP contribution in [0.4, 0.5) is 0 Å². The zero-order chi connectivity index (χ0) is 41.4. The minimum absolute atomic E-state index is 0.705. The Labute approximate surface area is 380 Å². The average Bonchev–Trinajstić information content (AvgIpc) is 3.27. The molecular weight excluding hydrogens is 872 g/mol. The van der Waals surface area contributed by atoms with E-state index in [1.807, 2.05) is 11.8 Å². The van der Waals surface area contributed by atoms with Gasteiger partial charge in [0.1, 0.15) is 11.5 Å². The molecule has 5 heteroatoms. The molecule has 0 aliphatic heterocycles. The quantitative estimate of drug-likeness (QED) is 0.0732. The maximum atomic E-state index is 6.56. The molecule has 2 nitrogen and oxygen atoms in total. The van der Waals surface area contributed by atoms with Crippen LogP contribution >= 0.6 is 43.6 Å². The van der Waals surface area contributed by atoms with Crippen LogP contribution in [0.15, 0.2) is 91.5 Å². The molecule has 2 saturated carbocycles. The average molecular weight is 945 g/mol. The molecule has 0 spiro atoms. The Morgan fingerprint density at radius 1 is 0.475 bits per heavy atom. The Balaban J connectivity index is 1.23. The highest BCUT2D eigenvalue weighted by molar-refractivity contribution is 9.11. The maximum Gasteiger partial charge on any atom is 0.124 e. The predicted octanol–water partition coefficient (Wildman–Crippen LogP) is 17.8. The third-order valence-electron chi connectivity index (χ3n) is 13.6. The van der Waals surface area contributed by atoms with Gasteiger partial charge in [-0.05, 0) is 166 Å². The van der Waals surface area contributed by atoms with E-state index in [1.54, 1.807) is 0 Å². The molecule has 0 atom stereocenters. The molecule has 0 amide bonds. The Morgan fingerprint density at radius 2 is 0.864 bits per heavy atom. The maximum absolute atomic E-state index is 6.56. The summed E-state index contributed by atoms with van der Waals surface area (Å²) in [6.07, 6.45) is 24.7. The van der Waals surface area contributed by atoms with Crippen LogP contribution in [0.25, 0.3) is 0 Å². The second-order valence-corrected chi connectivity index (χ2v) is 20.4. The van der Waals surface area contributed by atoms with Crippen molar-refractivity contribution in [2.75, 3.05) is 13.2 Å². The largest absolute Gasteiger partial charge is 0.493 e. The molecule has 0 radical (unpaired) electrons. The third-order valence-corrected chi connectivity index (χ3v) is 17.0. The van der Waals surface area contributed by atoms with Crippen molar-refractivity contribution in [3.05, 3.63) is 115 Å². The lowest BCUT2D eigenvalue weighted by Gasteiger charge is -2.28. The van der Waals surface area contributed by atoms with Crippen molar-refractivity contribution < 1.29 is 9.47 Å². The van der Waals surface area contributed by atoms with Crippen LogP contribution in [0.5, 0.6) is 11.5 Å². The molecule has 0 saturated heterocycles. The van der Waals surface area contributed by atoms with Crippen molar-refractivity contribution in [2.24, 2.45) is 11.8 Å². The van der Waals surface area contributed by atoms with Gasteiger partial charge in [-0.15, -0.1) is 0 Å². The van der Waals surface area contributed by atoms with Gasteiger partial charge in [0, 0.05) is 42.7 Å². The van der Waals surface area contributed by atoms with Crippen molar-refractivity contribution in [2.45, 2.75) is 178 Å². The van der Waals surface area contributed by atoms with Gasteiger partial charge in [-0.1, -0.05) is 139 Å². The van der Waals surface area contributed by atoms with Crippen LogP contribution in [0, 0.1) is 11.8 Å². The summed E-state index contributed by atoms with van der Waals surface area (Å²) in [5, 5.41) is 0. The van der Waals surface area contributed by atoms with Gasteiger partial charge in [-0.2, -0.15) is 0 Å². The van der Waals surface area contributed by atoms with E-state index in [0.717, 1.165) is 71.2 Å². The van der Waals surface area contributed by atoms with Crippen molar-refractivity contribution in [3.8, 4) is 11.5 Å². The monoisotopic (exact) mass is 942 g/mol. The minimum atomic E-state index is 0.705. The summed E-state index contributed by atoms with van der Waals surface area (Å²) < 4.78 is 15.4. The molecule has 0 aromatic heterocycles. The Morgan fingerprint density at radius 3 is 1.22 bits per heavy atom. The van der Waals surface area contributed by atoms with E-state index in [1.165, 1.54) is 146 Å². The number of hydrogen-bond donors (Lipinski definition) is 0. The molecule has 0 unspecified atom stereocenters. The molecule has 0 heterocycles. The second kappa shape index (κ2) is 24.4. The highest BCUT2D eigenvalue weighted by atomic mass is 79.9. The lowest BCUT2D eigenvalue weighted by Crippen LogP contribution is -2.12. The second-order valence-electron chi connectivity index (χ2n) is 17.7. The molecule has 6 rings (SSSR count). The first-order chi connectivity index (χ1) is 28.9. The number of benzene rings is 4. The van der Waals surface area contributed by atoms with E-state index in [-0.39, 0.29) is 0 Å². The summed E-state index contributed by atoms with van der Waals surface area (Å²) in [7, 11) is 0. The van der Waals surface area contributed by atoms with Gasteiger partial charge in [0.25, 0.3) is 0 Å². The van der Waals surface area contributed by atoms with E-state index < -0.39 is 0 Å². The van der Waals surface area contributed by atoms with Gasteiger partial charge >= 0.3 is 0 Å². The summed E-state index contributed by atoms with van der Waals surface area (Å²) in [5.74, 6) is 5.24. The van der Waals surface area contributed by atoms with Gasteiger partial charge in [0.05, 0.1) is 13.2 Å². The molecule has 59 heavy (non-hydrogen) atoms. The number of ether oxygens (including phenoxy) is 2. The van der Waals surface area contributed by atoms with Crippen LogP contribution in [0.3, 0.4) is 0 Å². The number of unbranched alkanes of at least 4 members (excludes halogenated alkanes) is 6. The fraction of sp³-hybridized carbons (Fsp3) is 0.556. The lowest BCUT2D eigenvalue weighted by atomic mass is 9.78. The van der Waals surface area contributed by atoms with Gasteiger partial charge < -0.3 is 9.47 Å². The molecule has 2 fully saturated rings. The fourth-order valence-electron chi connectivity index (χ4n) is 9.49. The summed E-state index contributed by atoms with van der Waals surface area (Å²) in [5.41, 5.74) is 8.15. The fourth-order valence-corrected chi connectivity index (χ4v) is 11.8. The Hall–Kier alpha value is -2.21. The summed E-state index contributed by atoms with van der Waals surface area (Å²) in [4.78, 5) is 2.40. The molecule has 4 aromatic rings. The molecule has 2 aliphatic rings. The first-order valence-electron chi connectivity index (χ1n) is 23.6. The van der Waals surface area contributed by atoms with E-state index in [2.05, 4.69) is 132 Å². The van der Waals surface area contributed by atoms with Crippen molar-refractivity contribution in [1.82, 2.24) is 0 Å². The number of rotatable bonds is 22. The highest BCUT2D eigenvalue weighted by Crippen LogP contribution is 2.46. The molecule has 2 aliphatic carbocycles. The first-order valence-corrected chi connectivity index (χ1v) is 26.0. The van der Waals surface area contributed by atoms with E-state index in [4.69, 9.17) is 9.47 Å². The Bertz CT molecular complexity index is 1700. The zero-order valence-electron chi connectivity index (χ0n) is 36.8. The molecule has 4 aromatic carbocycles. The summed E-state index contributed by atoms with van der Waals surface area (Å²) in [6, 6.07) is 28.0. The van der Waals surface area contributed by atoms with Gasteiger partial charge in [0.2, 0.25) is 0 Å². The molecule has 320 valence electrons. The highest BCUT2D eigenvalue weighted by Gasteiger charge is 2.24. The SMILES string of the molecule is CCCCCCOc1ccc(Sc2ccc(OCCCCCC)c(Cc3ccc(C4CCC(CC)CC4)cc3)c2Br)c(Br)c1Cc1ccc(C2CCC(CC)CC2)cc1. The first kappa shape index (κ1) is 46.3. The standard InChI is InChI=1S/C54H72Br2O2S/c1-5-9-11-13-35-57-49-31-33-51(53(55)47(49)37-41-19-27-45(28-20-41)43-23-15-39(7-3)16-24-43)59-52-34-32-50(58-36-14-12-10-6-2)48(54(52)56)38-42-21-29-46(30-22-42)44-25-17-40(8-4)18-26-44/h19-22,27-34,39-40,43-44H,5-18,23-26,35-38H2,1-4H3. The van der Waals surface area contributed by atoms with Crippen LogP contribution in [0.1, 0.15) is 188 Å². The molecule has 0 N–H and O–H groups in total. The minimum Gasteiger partial charge on any atom is -0.493 e. The zero-order valence-corrected chi connectivity index (χ0v) is 40.8. The van der Waals surface area contributed by atoms with Crippen LogP contribution in [-0.2, 0) is 12.8 Å². The van der Waals surface area contributed by atoms with Crippen LogP contribution in [-0.4, -0.2) is 13.2 Å². The van der Waals surface area contributed by atoms with Crippen LogP contribution in [0.2, 0.25) is 0 Å². The topological polar surface area (TPSA) is 18.5 Å². The Kier molecular flexibility index (Phi) is 19.2. The molecular formula is C54H72Br2O2S. The van der Waals surface area contributed by atoms with Crippen LogP contribution < -0.4 is 9.47 Å². The normalized spacial score (nSPS) is 19.5. The van der Waals surface area contributed by atoms with E-state index in [0.29, 0.717) is 11.8 Å². The van der Waals surface area contributed by atoms with Crippen molar-refractivity contribution in [1.29, 1.82) is 0 Å². The number of halogens is 2. The van der Waals surface area contributed by atoms with Crippen molar-refractivity contribution >= 4 is 43.6 Å². The van der Waals surface area contributed by atoms with E-state index in [9.17, 15) is 0 Å². The van der Waals surface area contributed by atoms with Gasteiger partial charge in [-0.3, -0.25) is 0 Å². The van der Waals surface area contributed by atoms with E-state index >= 15 is 0 Å². The smallest absolute Gasteiger partial charge is 0.124 e. The predicted molar refractivity (Wildman–Crippen MR) is 260 cm³/mol. The summed E-state index contributed by atoms with van der Waals surface area (Å²) in [6.45, 7) is 10.7. The van der Waals surface area contributed by atoms with Gasteiger partial charge in [0.15, 0.2) is 0 Å². The third kappa shape index (κ3) is 13.4. The molecule has 0 bridgehead atoms. The van der Waals surface area contributed by atoms with Crippen molar-refractivity contribution in [3.63, 3.8) is 0 Å².